The first-order chi connectivity index (χ1) is 9.79. The van der Waals surface area contributed by atoms with Crippen molar-refractivity contribution in [2.45, 2.75) is 13.3 Å². The highest BCUT2D eigenvalue weighted by molar-refractivity contribution is 8.14. The summed E-state index contributed by atoms with van der Waals surface area (Å²) in [5.74, 6) is 1.27. The molecule has 7 heteroatoms. The highest BCUT2D eigenvalue weighted by Gasteiger charge is 2.16. The van der Waals surface area contributed by atoms with Gasteiger partial charge in [-0.25, -0.2) is 9.36 Å². The number of nitrogens with one attached hydrogen (secondary N) is 2. The molecule has 0 saturated carbocycles. The Kier molecular flexibility index (Phi) is 3.60. The van der Waals surface area contributed by atoms with Gasteiger partial charge in [-0.1, -0.05) is 30.8 Å². The van der Waals surface area contributed by atoms with E-state index < -0.39 is 0 Å². The number of aromatic nitrogens is 2. The van der Waals surface area contributed by atoms with Crippen LogP contribution in [0, 0.1) is 0 Å². The largest absolute Gasteiger partial charge is 0.363 e. The van der Waals surface area contributed by atoms with Crippen molar-refractivity contribution in [1.29, 1.82) is 0 Å². The molecule has 0 amide bonds. The Labute approximate surface area is 120 Å². The molecule has 0 fully saturated rings. The normalized spacial score (nSPS) is 15.1. The third-order valence-corrected chi connectivity index (χ3v) is 3.87. The summed E-state index contributed by atoms with van der Waals surface area (Å²) in [6, 6.07) is 7.57. The predicted octanol–water partition coefficient (Wildman–Crippen LogP) is 1.59. The van der Waals surface area contributed by atoms with Crippen molar-refractivity contribution in [2.75, 3.05) is 12.3 Å². The second-order valence-corrected chi connectivity index (χ2v) is 5.38. The molecule has 0 aliphatic carbocycles. The lowest BCUT2D eigenvalue weighted by molar-refractivity contribution is 0.843. The lowest BCUT2D eigenvalue weighted by atomic mass is 10.3. The maximum Gasteiger partial charge on any atom is 0.332 e. The number of nitrogens with zero attached hydrogens (tertiary/aromatic N) is 3. The van der Waals surface area contributed by atoms with Crippen LogP contribution in [0.15, 0.2) is 39.3 Å². The monoisotopic (exact) mass is 289 g/mol. The lowest BCUT2D eigenvalue weighted by Crippen LogP contribution is -2.31. The standard InChI is InChI=1S/C13H15N5OS/c1-2-7-14-12-17-16-11(8-20-12)18-10-6-4-3-5-9(10)15-13(18)19/h3-6H,2,7-8H2,1H3,(H,14,17)(H,15,19). The van der Waals surface area contributed by atoms with E-state index in [1.54, 1.807) is 16.3 Å². The quantitative estimate of drug-likeness (QED) is 0.881. The van der Waals surface area contributed by atoms with Crippen LogP contribution >= 0.6 is 11.8 Å². The molecule has 0 atom stereocenters. The first kappa shape index (κ1) is 13.0. The zero-order chi connectivity index (χ0) is 13.9. The Morgan fingerprint density at radius 1 is 1.40 bits per heavy atom. The second-order valence-electron chi connectivity index (χ2n) is 4.42. The molecule has 20 heavy (non-hydrogen) atoms. The minimum Gasteiger partial charge on any atom is -0.363 e. The van der Waals surface area contributed by atoms with E-state index in [4.69, 9.17) is 0 Å². The predicted molar refractivity (Wildman–Crippen MR) is 83.6 cm³/mol. The summed E-state index contributed by atoms with van der Waals surface area (Å²) in [7, 11) is 0. The molecular weight excluding hydrogens is 274 g/mol. The maximum atomic E-state index is 12.0. The molecule has 1 aliphatic rings. The Bertz CT molecular complexity index is 743. The minimum atomic E-state index is -0.175. The smallest absolute Gasteiger partial charge is 0.332 e. The number of fused-ring (bicyclic) bond motifs is 1. The summed E-state index contributed by atoms with van der Waals surface area (Å²) >= 11 is 1.56. The van der Waals surface area contributed by atoms with E-state index in [-0.39, 0.29) is 5.69 Å². The van der Waals surface area contributed by atoms with E-state index in [0.717, 1.165) is 29.2 Å². The molecule has 6 nitrogen and oxygen atoms in total. The fourth-order valence-corrected chi connectivity index (χ4v) is 2.79. The van der Waals surface area contributed by atoms with Gasteiger partial charge in [-0.3, -0.25) is 0 Å². The molecule has 1 aromatic heterocycles. The first-order valence-electron chi connectivity index (χ1n) is 6.51. The number of hydrogen-bond donors (Lipinski definition) is 2. The van der Waals surface area contributed by atoms with Crippen molar-refractivity contribution >= 4 is 33.8 Å². The van der Waals surface area contributed by atoms with Crippen LogP contribution in [0.2, 0.25) is 0 Å². The maximum absolute atomic E-state index is 12.0. The fourth-order valence-electron chi connectivity index (χ4n) is 2.03. The van der Waals surface area contributed by atoms with E-state index in [1.807, 2.05) is 24.3 Å². The van der Waals surface area contributed by atoms with Gasteiger partial charge in [0.25, 0.3) is 0 Å². The van der Waals surface area contributed by atoms with Gasteiger partial charge in [0.15, 0.2) is 11.0 Å². The van der Waals surface area contributed by atoms with E-state index >= 15 is 0 Å². The molecule has 0 unspecified atom stereocenters. The number of thioether (sulfide) groups is 1. The molecule has 0 bridgehead atoms. The summed E-state index contributed by atoms with van der Waals surface area (Å²) in [5, 5.41) is 12.3. The van der Waals surface area contributed by atoms with Crippen LogP contribution in [0.25, 0.3) is 11.0 Å². The summed E-state index contributed by atoms with van der Waals surface area (Å²) < 4.78 is 1.59. The van der Waals surface area contributed by atoms with Crippen LogP contribution in [0.3, 0.4) is 0 Å². The average Bonchev–Trinajstić information content (AvgIpc) is 2.81. The number of H-pyrrole nitrogens is 1. The van der Waals surface area contributed by atoms with Gasteiger partial charge in [0.05, 0.1) is 16.8 Å². The highest BCUT2D eigenvalue weighted by Crippen LogP contribution is 2.14. The summed E-state index contributed by atoms with van der Waals surface area (Å²) in [4.78, 5) is 14.9. The molecule has 3 rings (SSSR count). The second kappa shape index (κ2) is 5.54. The summed E-state index contributed by atoms with van der Waals surface area (Å²) in [6.07, 6.45) is 1.04. The van der Waals surface area contributed by atoms with Crippen LogP contribution in [-0.2, 0) is 0 Å². The first-order valence-corrected chi connectivity index (χ1v) is 7.49. The van der Waals surface area contributed by atoms with Crippen molar-refractivity contribution in [1.82, 2.24) is 14.9 Å². The van der Waals surface area contributed by atoms with Gasteiger partial charge in [-0.05, 0) is 18.6 Å². The van der Waals surface area contributed by atoms with Crippen LogP contribution in [-0.4, -0.2) is 32.9 Å². The van der Waals surface area contributed by atoms with Crippen molar-refractivity contribution in [3.63, 3.8) is 0 Å². The Morgan fingerprint density at radius 3 is 3.00 bits per heavy atom. The molecule has 2 aromatic rings. The van der Waals surface area contributed by atoms with Crippen molar-refractivity contribution in [2.24, 2.45) is 10.2 Å². The average molecular weight is 289 g/mol. The molecule has 0 radical (unpaired) electrons. The van der Waals surface area contributed by atoms with Gasteiger partial charge in [0.2, 0.25) is 0 Å². The van der Waals surface area contributed by atoms with Gasteiger partial charge < -0.3 is 10.3 Å². The number of para-hydroxylation sites is 2. The molecule has 1 aliphatic heterocycles. The van der Waals surface area contributed by atoms with Crippen LogP contribution in [0.1, 0.15) is 13.3 Å². The highest BCUT2D eigenvalue weighted by atomic mass is 32.2. The Morgan fingerprint density at radius 2 is 2.25 bits per heavy atom. The number of rotatable bonds is 2. The van der Waals surface area contributed by atoms with Gasteiger partial charge in [0.1, 0.15) is 0 Å². The number of amidine groups is 1. The fraction of sp³-hybridized carbons (Fsp3) is 0.308. The number of imidazole rings is 1. The summed E-state index contributed by atoms with van der Waals surface area (Å²) in [6.45, 7) is 2.98. The molecule has 0 saturated heterocycles. The van der Waals surface area contributed by atoms with Gasteiger partial charge in [-0.2, -0.15) is 0 Å². The SMILES string of the molecule is CCCNC1=NN=C(n2c(=O)[nH]c3ccccc32)CS1. The number of aromatic amines is 1. The molecule has 2 heterocycles. The van der Waals surface area contributed by atoms with Crippen molar-refractivity contribution < 1.29 is 0 Å². The van der Waals surface area contributed by atoms with E-state index in [9.17, 15) is 4.79 Å². The lowest BCUT2D eigenvalue weighted by Gasteiger charge is -2.13. The summed E-state index contributed by atoms with van der Waals surface area (Å²) in [5.41, 5.74) is 1.46. The molecule has 104 valence electrons. The van der Waals surface area contributed by atoms with Crippen molar-refractivity contribution in [3.8, 4) is 0 Å². The molecule has 1 aromatic carbocycles. The number of hydrogen-bond acceptors (Lipinski definition) is 5. The third-order valence-electron chi connectivity index (χ3n) is 2.97. The number of benzene rings is 1. The van der Waals surface area contributed by atoms with E-state index in [0.29, 0.717) is 11.6 Å². The van der Waals surface area contributed by atoms with Gasteiger partial charge in [0, 0.05) is 6.54 Å². The van der Waals surface area contributed by atoms with Crippen molar-refractivity contribution in [3.05, 3.63) is 34.7 Å². The third kappa shape index (κ3) is 2.36. The van der Waals surface area contributed by atoms with Crippen LogP contribution < -0.4 is 11.0 Å². The van der Waals surface area contributed by atoms with Gasteiger partial charge >= 0.3 is 5.69 Å². The zero-order valence-corrected chi connectivity index (χ0v) is 11.9. The zero-order valence-electron chi connectivity index (χ0n) is 11.1. The Hall–Kier alpha value is -2.02. The van der Waals surface area contributed by atoms with Gasteiger partial charge in [-0.15, -0.1) is 10.2 Å². The molecule has 2 N–H and O–H groups in total. The topological polar surface area (TPSA) is 74.5 Å². The van der Waals surface area contributed by atoms with E-state index in [2.05, 4.69) is 27.4 Å². The molecular formula is C13H15N5OS. The van der Waals surface area contributed by atoms with Crippen LogP contribution in [0.5, 0.6) is 0 Å². The molecule has 0 spiro atoms. The Balaban J connectivity index is 1.96. The minimum absolute atomic E-state index is 0.175. The van der Waals surface area contributed by atoms with E-state index in [1.165, 1.54) is 0 Å². The van der Waals surface area contributed by atoms with Crippen LogP contribution in [0.4, 0.5) is 0 Å².